The van der Waals surface area contributed by atoms with Gasteiger partial charge in [-0.2, -0.15) is 14.1 Å². The predicted molar refractivity (Wildman–Crippen MR) is 96.4 cm³/mol. The minimum Gasteiger partial charge on any atom is -0.385 e. The van der Waals surface area contributed by atoms with Crippen molar-refractivity contribution in [1.29, 1.82) is 0 Å². The summed E-state index contributed by atoms with van der Waals surface area (Å²) in [6, 6.07) is 0. The first-order valence-corrected chi connectivity index (χ1v) is 12.8. The van der Waals surface area contributed by atoms with Crippen molar-refractivity contribution in [2.45, 2.75) is 24.2 Å². The van der Waals surface area contributed by atoms with Crippen LogP contribution in [0.25, 0.3) is 11.2 Å². The molecule has 2 unspecified atom stereocenters. The number of nitrogens with two attached hydrogens (primary N) is 1. The molecule has 8 N–H and O–H groups in total. The Balaban J connectivity index is 1.48. The van der Waals surface area contributed by atoms with Gasteiger partial charge in [0.25, 0.3) is 0 Å². The lowest BCUT2D eigenvalue weighted by Crippen LogP contribution is -2.39. The van der Waals surface area contributed by atoms with Crippen molar-refractivity contribution in [3.63, 3.8) is 0 Å². The van der Waals surface area contributed by atoms with E-state index >= 15 is 0 Å². The molecule has 2 aromatic heterocycles. The maximum absolute atomic E-state index is 11.9. The highest BCUT2D eigenvalue weighted by atomic mass is 31.3. The van der Waals surface area contributed by atoms with Crippen LogP contribution < -0.4 is 11.2 Å². The Morgan fingerprint density at radius 2 is 1.84 bits per heavy atom. The minimum absolute atomic E-state index is 0.0789. The number of aliphatic hydroxyl groups is 1. The molecule has 2 aromatic rings. The quantitative estimate of drug-likeness (QED) is 0.150. The van der Waals surface area contributed by atoms with Crippen LogP contribution >= 0.6 is 23.5 Å². The van der Waals surface area contributed by atoms with Gasteiger partial charge < -0.3 is 35.2 Å². The van der Waals surface area contributed by atoms with Gasteiger partial charge in [-0.15, -0.1) is 0 Å². The third-order valence-corrected chi connectivity index (χ3v) is 8.06. The molecule has 0 aromatic carbocycles. The third kappa shape index (κ3) is 4.63. The highest BCUT2D eigenvalue weighted by Gasteiger charge is 2.68. The van der Waals surface area contributed by atoms with Crippen molar-refractivity contribution in [1.82, 2.24) is 25.0 Å². The molecule has 2 aliphatic heterocycles. The van der Waals surface area contributed by atoms with E-state index in [2.05, 4.69) is 33.6 Å². The molecule has 19 nitrogen and oxygen atoms in total. The highest BCUT2D eigenvalue weighted by molar-refractivity contribution is 7.66. The van der Waals surface area contributed by atoms with Gasteiger partial charge in [-0.05, 0) is 0 Å². The third-order valence-electron chi connectivity index (χ3n) is 4.26. The molecular formula is C10H15N6O13P3. The van der Waals surface area contributed by atoms with Gasteiger partial charge in [-0.25, -0.2) is 28.6 Å². The lowest BCUT2D eigenvalue weighted by molar-refractivity contribution is -0.0453. The van der Waals surface area contributed by atoms with Gasteiger partial charge in [0.15, 0.2) is 17.7 Å². The summed E-state index contributed by atoms with van der Waals surface area (Å²) in [6.07, 6.45) is -1.54. The molecular weight excluding hydrogens is 505 g/mol. The van der Waals surface area contributed by atoms with Crippen molar-refractivity contribution >= 4 is 40.4 Å². The number of phosphoric acid groups is 3. The Morgan fingerprint density at radius 3 is 2.47 bits per heavy atom. The summed E-state index contributed by atoms with van der Waals surface area (Å²) in [5.41, 5.74) is 7.13. The fourth-order valence-electron chi connectivity index (χ4n) is 2.96. The molecule has 0 amide bonds. The molecule has 2 aliphatic rings. The molecule has 2 saturated heterocycles. The van der Waals surface area contributed by atoms with Gasteiger partial charge in [0.2, 0.25) is 5.72 Å². The average Bonchev–Trinajstić information content (AvgIpc) is 3.24. The number of imidazole rings is 1. The highest BCUT2D eigenvalue weighted by Crippen LogP contribution is 2.66. The number of hydrogen-bond donors (Lipinski definition) is 7. The molecule has 2 fully saturated rings. The standard InChI is InChI=1S/C10H15N6O13P3/c11-7-5-8(13-2-12-7)16(3-14-5)9-10(15-27-10)6(17)4(26-9)1-25-31(21,22)29-32(23,24)28-30(18,19)20/h2-4,6,9,15,17H,1H2,(H,21,22)(H,23,24)(H2,11,12,13)(H2,18,19,20)/t4-,6-,9-,10+/m1/s1. The normalized spacial score (nSPS) is 31.6. The van der Waals surface area contributed by atoms with Gasteiger partial charge in [-0.3, -0.25) is 13.9 Å². The second-order valence-corrected chi connectivity index (χ2v) is 10.9. The molecule has 6 atom stereocenters. The number of nitrogens with zero attached hydrogens (tertiary/aromatic N) is 4. The number of ether oxygens (including phenoxy) is 1. The van der Waals surface area contributed by atoms with E-state index in [9.17, 15) is 28.6 Å². The van der Waals surface area contributed by atoms with Crippen molar-refractivity contribution in [2.75, 3.05) is 12.3 Å². The summed E-state index contributed by atoms with van der Waals surface area (Å²) in [6.45, 7) is -0.891. The first-order valence-electron chi connectivity index (χ1n) is 8.23. The maximum Gasteiger partial charge on any atom is 0.490 e. The van der Waals surface area contributed by atoms with Crippen LogP contribution in [0.15, 0.2) is 12.7 Å². The molecule has 4 heterocycles. The fraction of sp³-hybridized carbons (Fsp3) is 0.500. The summed E-state index contributed by atoms with van der Waals surface area (Å²) in [4.78, 5) is 52.8. The number of phosphoric ester groups is 1. The monoisotopic (exact) mass is 520 g/mol. The number of rotatable bonds is 8. The van der Waals surface area contributed by atoms with E-state index in [4.69, 9.17) is 25.1 Å². The molecule has 32 heavy (non-hydrogen) atoms. The number of nitrogens with one attached hydrogen (secondary N) is 1. The van der Waals surface area contributed by atoms with Gasteiger partial charge >= 0.3 is 23.5 Å². The van der Waals surface area contributed by atoms with Crippen LogP contribution in [0, 0.1) is 0 Å². The number of aromatic nitrogens is 4. The molecule has 1 spiro atoms. The molecule has 0 saturated carbocycles. The van der Waals surface area contributed by atoms with Crippen molar-refractivity contribution in [3.05, 3.63) is 12.7 Å². The topological polar surface area (TPSA) is 293 Å². The zero-order valence-corrected chi connectivity index (χ0v) is 18.0. The summed E-state index contributed by atoms with van der Waals surface area (Å²) in [5.74, 6) is 0.0789. The van der Waals surface area contributed by atoms with E-state index in [1.165, 1.54) is 17.2 Å². The van der Waals surface area contributed by atoms with Crippen LogP contribution in [0.2, 0.25) is 0 Å². The Kier molecular flexibility index (Phi) is 5.81. The van der Waals surface area contributed by atoms with Crippen LogP contribution in [0.1, 0.15) is 6.23 Å². The van der Waals surface area contributed by atoms with Crippen molar-refractivity contribution in [3.8, 4) is 0 Å². The van der Waals surface area contributed by atoms with Gasteiger partial charge in [0.05, 0.1) is 12.9 Å². The SMILES string of the molecule is Nc1ncnc2c1ncn2[C@@H]1O[C@H](COP(=O)(O)OP(=O)(O)OP(=O)(O)O)[C@@H](O)[C@@]12NO2. The van der Waals surface area contributed by atoms with E-state index in [1.807, 2.05) is 0 Å². The van der Waals surface area contributed by atoms with Gasteiger partial charge in [-0.1, -0.05) is 0 Å². The van der Waals surface area contributed by atoms with Crippen LogP contribution in [0.5, 0.6) is 0 Å². The van der Waals surface area contributed by atoms with E-state index in [1.54, 1.807) is 0 Å². The Morgan fingerprint density at radius 1 is 1.16 bits per heavy atom. The molecule has 0 bridgehead atoms. The number of hydroxylamine groups is 1. The second kappa shape index (κ2) is 7.83. The van der Waals surface area contributed by atoms with Crippen molar-refractivity contribution < 1.29 is 61.1 Å². The van der Waals surface area contributed by atoms with Crippen LogP contribution in [-0.2, 0) is 36.4 Å². The predicted octanol–water partition coefficient (Wildman–Crippen LogP) is -1.76. The van der Waals surface area contributed by atoms with E-state index < -0.39 is 54.2 Å². The molecule has 178 valence electrons. The van der Waals surface area contributed by atoms with Crippen LogP contribution in [0.3, 0.4) is 0 Å². The van der Waals surface area contributed by atoms with Gasteiger partial charge in [0.1, 0.15) is 24.1 Å². The number of anilines is 1. The second-order valence-electron chi connectivity index (χ2n) is 6.44. The maximum atomic E-state index is 11.9. The van der Waals surface area contributed by atoms with E-state index in [0.717, 1.165) is 0 Å². The zero-order valence-electron chi connectivity index (χ0n) is 15.3. The molecule has 4 rings (SSSR count). The molecule has 0 radical (unpaired) electrons. The fourth-order valence-corrected chi connectivity index (χ4v) is 5.99. The number of fused-ring (bicyclic) bond motifs is 1. The number of aliphatic hydroxyl groups excluding tert-OH is 1. The summed E-state index contributed by atoms with van der Waals surface area (Å²) < 4.78 is 52.7. The zero-order chi connectivity index (χ0) is 23.5. The average molecular weight is 520 g/mol. The van der Waals surface area contributed by atoms with Crippen LogP contribution in [-0.4, -0.2) is 68.7 Å². The first-order chi connectivity index (χ1) is 14.7. The minimum atomic E-state index is -5.69. The molecule has 0 aliphatic carbocycles. The van der Waals surface area contributed by atoms with Crippen LogP contribution in [0.4, 0.5) is 5.82 Å². The molecule has 22 heteroatoms. The lowest BCUT2D eigenvalue weighted by atomic mass is 10.1. The number of nitrogen functional groups attached to an aromatic ring is 1. The smallest absolute Gasteiger partial charge is 0.385 e. The van der Waals surface area contributed by atoms with Gasteiger partial charge in [0, 0.05) is 0 Å². The largest absolute Gasteiger partial charge is 0.490 e. The lowest BCUT2D eigenvalue weighted by Gasteiger charge is -2.19. The summed E-state index contributed by atoms with van der Waals surface area (Å²) in [5, 5.41) is 10.5. The Bertz CT molecular complexity index is 1180. The van der Waals surface area contributed by atoms with Crippen molar-refractivity contribution in [2.24, 2.45) is 0 Å². The Hall–Kier alpha value is -1.40. The first kappa shape index (κ1) is 23.7. The van der Waals surface area contributed by atoms with E-state index in [-0.39, 0.29) is 17.0 Å². The summed E-state index contributed by atoms with van der Waals surface area (Å²) in [7, 11) is -16.6. The Labute approximate surface area is 176 Å². The number of hydrogen-bond acceptors (Lipinski definition) is 14. The summed E-state index contributed by atoms with van der Waals surface area (Å²) >= 11 is 0. The van der Waals surface area contributed by atoms with E-state index in [0.29, 0.717) is 0 Å².